The third kappa shape index (κ3) is 2.88. The van der Waals surface area contributed by atoms with E-state index in [1.165, 1.54) is 4.31 Å². The van der Waals surface area contributed by atoms with Gasteiger partial charge < -0.3 is 0 Å². The molecule has 0 N–H and O–H groups in total. The van der Waals surface area contributed by atoms with Crippen LogP contribution in [0.4, 0.5) is 5.69 Å². The van der Waals surface area contributed by atoms with Crippen molar-refractivity contribution in [1.82, 2.24) is 4.98 Å². The number of sulfonamides is 1. The molecule has 0 saturated heterocycles. The lowest BCUT2D eigenvalue weighted by Gasteiger charge is -2.20. The predicted octanol–water partition coefficient (Wildman–Crippen LogP) is 4.06. The fourth-order valence-corrected chi connectivity index (χ4v) is 4.87. The molecule has 3 aromatic rings. The van der Waals surface area contributed by atoms with Crippen LogP contribution in [0.25, 0.3) is 11.1 Å². The van der Waals surface area contributed by atoms with Crippen molar-refractivity contribution in [2.75, 3.05) is 10.8 Å². The summed E-state index contributed by atoms with van der Waals surface area (Å²) in [5, 5.41) is 0. The van der Waals surface area contributed by atoms with Crippen molar-refractivity contribution in [1.29, 1.82) is 0 Å². The van der Waals surface area contributed by atoms with E-state index in [9.17, 15) is 8.42 Å². The van der Waals surface area contributed by atoms with Crippen LogP contribution >= 0.6 is 0 Å². The summed E-state index contributed by atoms with van der Waals surface area (Å²) < 4.78 is 27.7. The van der Waals surface area contributed by atoms with Gasteiger partial charge in [0, 0.05) is 18.9 Å². The molecular formula is C21H20N2O2S. The Morgan fingerprint density at radius 1 is 0.962 bits per heavy atom. The number of aromatic nitrogens is 1. The first-order valence-electron chi connectivity index (χ1n) is 8.74. The van der Waals surface area contributed by atoms with Gasteiger partial charge in [0.15, 0.2) is 0 Å². The third-order valence-corrected chi connectivity index (χ3v) is 6.69. The quantitative estimate of drug-likeness (QED) is 0.701. The van der Waals surface area contributed by atoms with Gasteiger partial charge in [-0.1, -0.05) is 25.1 Å². The molecule has 0 radical (unpaired) electrons. The maximum atomic E-state index is 13.1. The topological polar surface area (TPSA) is 50.3 Å². The molecule has 2 heterocycles. The molecule has 0 amide bonds. The maximum absolute atomic E-state index is 13.1. The lowest BCUT2D eigenvalue weighted by molar-refractivity contribution is 0.592. The first-order valence-corrected chi connectivity index (χ1v) is 10.2. The van der Waals surface area contributed by atoms with Crippen LogP contribution in [0.15, 0.2) is 71.9 Å². The number of rotatable bonds is 4. The summed E-state index contributed by atoms with van der Waals surface area (Å²) in [6, 6.07) is 17.1. The summed E-state index contributed by atoms with van der Waals surface area (Å²) in [7, 11) is -3.53. The second-order valence-electron chi connectivity index (χ2n) is 6.40. The van der Waals surface area contributed by atoms with Gasteiger partial charge in [-0.15, -0.1) is 0 Å². The van der Waals surface area contributed by atoms with Crippen LogP contribution in [0, 0.1) is 0 Å². The summed E-state index contributed by atoms with van der Waals surface area (Å²) in [5.74, 6) is 0. The Bertz CT molecular complexity index is 1030. The van der Waals surface area contributed by atoms with E-state index < -0.39 is 10.0 Å². The number of hydrogen-bond acceptors (Lipinski definition) is 3. The largest absolute Gasteiger partial charge is 0.266 e. The molecule has 5 heteroatoms. The van der Waals surface area contributed by atoms with Crippen LogP contribution in [0.5, 0.6) is 0 Å². The first kappa shape index (κ1) is 16.8. The second-order valence-corrected chi connectivity index (χ2v) is 8.27. The minimum absolute atomic E-state index is 0.348. The highest BCUT2D eigenvalue weighted by molar-refractivity contribution is 7.92. The Kier molecular flexibility index (Phi) is 4.24. The summed E-state index contributed by atoms with van der Waals surface area (Å²) in [4.78, 5) is 4.39. The van der Waals surface area contributed by atoms with Gasteiger partial charge in [0.05, 0.1) is 10.6 Å². The molecule has 0 bridgehead atoms. The zero-order valence-corrected chi connectivity index (χ0v) is 15.4. The molecule has 0 atom stereocenters. The Morgan fingerprint density at radius 2 is 1.69 bits per heavy atom. The number of fused-ring (bicyclic) bond motifs is 1. The first-order chi connectivity index (χ1) is 12.6. The highest BCUT2D eigenvalue weighted by Gasteiger charge is 2.30. The van der Waals surface area contributed by atoms with Crippen molar-refractivity contribution in [3.63, 3.8) is 0 Å². The van der Waals surface area contributed by atoms with Gasteiger partial charge in [0.1, 0.15) is 0 Å². The molecule has 26 heavy (non-hydrogen) atoms. The molecule has 0 spiro atoms. The smallest absolute Gasteiger partial charge is 0.264 e. The third-order valence-electron chi connectivity index (χ3n) is 4.87. The molecule has 2 aromatic carbocycles. The van der Waals surface area contributed by atoms with Gasteiger partial charge in [-0.05, 0) is 71.5 Å². The van der Waals surface area contributed by atoms with Crippen LogP contribution in [-0.4, -0.2) is 19.9 Å². The van der Waals surface area contributed by atoms with E-state index in [0.29, 0.717) is 11.4 Å². The number of pyridine rings is 1. The Labute approximate surface area is 154 Å². The lowest BCUT2D eigenvalue weighted by atomic mass is 10.0. The van der Waals surface area contributed by atoms with E-state index in [4.69, 9.17) is 0 Å². The Balaban J connectivity index is 1.69. The highest BCUT2D eigenvalue weighted by atomic mass is 32.2. The van der Waals surface area contributed by atoms with Crippen molar-refractivity contribution >= 4 is 15.7 Å². The van der Waals surface area contributed by atoms with E-state index in [2.05, 4.69) is 18.0 Å². The summed E-state index contributed by atoms with van der Waals surface area (Å²) >= 11 is 0. The molecule has 1 aliphatic heterocycles. The average molecular weight is 364 g/mol. The number of nitrogens with zero attached hydrogens (tertiary/aromatic N) is 2. The van der Waals surface area contributed by atoms with Gasteiger partial charge in [-0.25, -0.2) is 8.42 Å². The predicted molar refractivity (Wildman–Crippen MR) is 104 cm³/mol. The average Bonchev–Trinajstić information content (AvgIpc) is 3.13. The fraction of sp³-hybridized carbons (Fsp3) is 0.190. The van der Waals surface area contributed by atoms with Crippen LogP contribution in [0.3, 0.4) is 0 Å². The molecule has 0 unspecified atom stereocenters. The molecule has 0 aliphatic carbocycles. The minimum atomic E-state index is -3.53. The van der Waals surface area contributed by atoms with E-state index in [0.717, 1.165) is 40.8 Å². The van der Waals surface area contributed by atoms with Gasteiger partial charge in [0.2, 0.25) is 0 Å². The number of benzene rings is 2. The zero-order chi connectivity index (χ0) is 18.1. The van der Waals surface area contributed by atoms with E-state index in [-0.39, 0.29) is 0 Å². The normalized spacial score (nSPS) is 13.7. The number of aryl methyl sites for hydroxylation is 1. The summed E-state index contributed by atoms with van der Waals surface area (Å²) in [6.07, 6.45) is 5.14. The fourth-order valence-electron chi connectivity index (χ4n) is 3.37. The van der Waals surface area contributed by atoms with Gasteiger partial charge in [-0.2, -0.15) is 0 Å². The molecule has 4 nitrogen and oxygen atoms in total. The summed E-state index contributed by atoms with van der Waals surface area (Å²) in [5.41, 5.74) is 5.14. The van der Waals surface area contributed by atoms with Crippen molar-refractivity contribution < 1.29 is 8.42 Å². The number of hydrogen-bond donors (Lipinski definition) is 0. The van der Waals surface area contributed by atoms with Crippen LogP contribution in [0.1, 0.15) is 18.1 Å². The van der Waals surface area contributed by atoms with Crippen LogP contribution < -0.4 is 4.31 Å². The minimum Gasteiger partial charge on any atom is -0.266 e. The second kappa shape index (κ2) is 6.57. The molecule has 1 aliphatic rings. The number of anilines is 1. The van der Waals surface area contributed by atoms with Crippen LogP contribution in [-0.2, 0) is 22.9 Å². The Morgan fingerprint density at radius 3 is 2.38 bits per heavy atom. The van der Waals surface area contributed by atoms with E-state index >= 15 is 0 Å². The SMILES string of the molecule is CCc1ccc(S(=O)(=O)N2CCc3cc(-c4ccncc4)ccc32)cc1. The monoisotopic (exact) mass is 364 g/mol. The maximum Gasteiger partial charge on any atom is 0.264 e. The van der Waals surface area contributed by atoms with Crippen molar-refractivity contribution in [2.24, 2.45) is 0 Å². The molecule has 0 fully saturated rings. The van der Waals surface area contributed by atoms with Gasteiger partial charge in [0.25, 0.3) is 10.0 Å². The zero-order valence-electron chi connectivity index (χ0n) is 14.6. The highest BCUT2D eigenvalue weighted by Crippen LogP contribution is 2.35. The van der Waals surface area contributed by atoms with Crippen LogP contribution in [0.2, 0.25) is 0 Å². The summed E-state index contributed by atoms with van der Waals surface area (Å²) in [6.45, 7) is 2.54. The van der Waals surface area contributed by atoms with Gasteiger partial charge >= 0.3 is 0 Å². The molecule has 0 saturated carbocycles. The van der Waals surface area contributed by atoms with Gasteiger partial charge in [-0.3, -0.25) is 9.29 Å². The molecular weight excluding hydrogens is 344 g/mol. The Hall–Kier alpha value is -2.66. The molecule has 132 valence electrons. The lowest BCUT2D eigenvalue weighted by Crippen LogP contribution is -2.29. The van der Waals surface area contributed by atoms with Crippen molar-refractivity contribution in [3.05, 3.63) is 78.1 Å². The molecule has 1 aromatic heterocycles. The van der Waals surface area contributed by atoms with Crippen molar-refractivity contribution in [3.8, 4) is 11.1 Å². The van der Waals surface area contributed by atoms with Crippen molar-refractivity contribution in [2.45, 2.75) is 24.7 Å². The van der Waals surface area contributed by atoms with E-state index in [1.54, 1.807) is 24.5 Å². The standard InChI is InChI=1S/C21H20N2O2S/c1-2-16-3-6-20(7-4-16)26(24,25)23-14-11-19-15-18(5-8-21(19)23)17-9-12-22-13-10-17/h3-10,12-13,15H,2,11,14H2,1H3. The molecule has 4 rings (SSSR count). The van der Waals surface area contributed by atoms with E-state index in [1.807, 2.05) is 36.4 Å².